The standard InChI is InChI=1S/C24H30O6/c1-30-24-15-18(10-13-23(24)29)9-12-22(28)16-21(27)7-3-5-19(25)11-8-17-4-2-6-20(26)14-17/h2,4,6,10,13-15,19,25-26,29H,3,5,7-9,11-12,16H2,1H3. The van der Waals surface area contributed by atoms with Crippen molar-refractivity contribution in [2.24, 2.45) is 0 Å². The van der Waals surface area contributed by atoms with Gasteiger partial charge in [-0.15, -0.1) is 0 Å². The molecule has 0 amide bonds. The van der Waals surface area contributed by atoms with E-state index in [0.717, 1.165) is 11.1 Å². The Kier molecular flexibility index (Phi) is 9.35. The summed E-state index contributed by atoms with van der Waals surface area (Å²) >= 11 is 0. The maximum absolute atomic E-state index is 12.1. The molecular weight excluding hydrogens is 384 g/mol. The van der Waals surface area contributed by atoms with Crippen LogP contribution in [0.5, 0.6) is 17.2 Å². The number of ether oxygens (including phenoxy) is 1. The lowest BCUT2D eigenvalue weighted by Crippen LogP contribution is -2.11. The zero-order valence-electron chi connectivity index (χ0n) is 17.3. The Balaban J connectivity index is 1.62. The summed E-state index contributed by atoms with van der Waals surface area (Å²) in [4.78, 5) is 24.1. The molecule has 0 saturated heterocycles. The van der Waals surface area contributed by atoms with E-state index in [4.69, 9.17) is 4.74 Å². The van der Waals surface area contributed by atoms with Crippen LogP contribution in [0, 0.1) is 0 Å². The van der Waals surface area contributed by atoms with Gasteiger partial charge in [-0.25, -0.2) is 0 Å². The summed E-state index contributed by atoms with van der Waals surface area (Å²) in [6.07, 6.45) is 2.69. The van der Waals surface area contributed by atoms with E-state index in [2.05, 4.69) is 0 Å². The highest BCUT2D eigenvalue weighted by Gasteiger charge is 2.12. The molecule has 0 radical (unpaired) electrons. The molecule has 0 aliphatic heterocycles. The molecule has 0 aliphatic carbocycles. The molecule has 30 heavy (non-hydrogen) atoms. The van der Waals surface area contributed by atoms with Gasteiger partial charge in [-0.05, 0) is 67.5 Å². The SMILES string of the molecule is COc1cc(CCC(=O)CC(=O)CCCC(O)CCc2cccc(O)c2)ccc1O. The summed E-state index contributed by atoms with van der Waals surface area (Å²) in [7, 11) is 1.46. The van der Waals surface area contributed by atoms with E-state index in [1.54, 1.807) is 30.3 Å². The number of phenolic OH excluding ortho intramolecular Hbond substituents is 2. The number of carbonyl (C=O) groups excluding carboxylic acids is 2. The van der Waals surface area contributed by atoms with Crippen LogP contribution in [0.15, 0.2) is 42.5 Å². The monoisotopic (exact) mass is 414 g/mol. The first-order valence-corrected chi connectivity index (χ1v) is 10.2. The lowest BCUT2D eigenvalue weighted by Gasteiger charge is -2.10. The Labute approximate surface area is 177 Å². The summed E-state index contributed by atoms with van der Waals surface area (Å²) in [6, 6.07) is 11.9. The van der Waals surface area contributed by atoms with Gasteiger partial charge < -0.3 is 20.1 Å². The van der Waals surface area contributed by atoms with Crippen molar-refractivity contribution in [2.75, 3.05) is 7.11 Å². The van der Waals surface area contributed by atoms with Crippen LogP contribution >= 0.6 is 0 Å². The summed E-state index contributed by atoms with van der Waals surface area (Å²) in [6.45, 7) is 0. The molecule has 0 saturated carbocycles. The molecule has 6 nitrogen and oxygen atoms in total. The van der Waals surface area contributed by atoms with Gasteiger partial charge in [0.15, 0.2) is 11.5 Å². The van der Waals surface area contributed by atoms with Gasteiger partial charge in [-0.2, -0.15) is 0 Å². The van der Waals surface area contributed by atoms with Crippen molar-refractivity contribution < 1.29 is 29.6 Å². The van der Waals surface area contributed by atoms with Gasteiger partial charge in [0.05, 0.1) is 19.6 Å². The molecule has 0 bridgehead atoms. The van der Waals surface area contributed by atoms with E-state index in [1.165, 1.54) is 13.2 Å². The molecule has 0 spiro atoms. The first-order valence-electron chi connectivity index (χ1n) is 10.2. The lowest BCUT2D eigenvalue weighted by atomic mass is 10.00. The Morgan fingerprint density at radius 1 is 0.933 bits per heavy atom. The predicted molar refractivity (Wildman–Crippen MR) is 114 cm³/mol. The molecule has 0 aromatic heterocycles. The average Bonchev–Trinajstić information content (AvgIpc) is 2.71. The van der Waals surface area contributed by atoms with Crippen molar-refractivity contribution in [3.8, 4) is 17.2 Å². The van der Waals surface area contributed by atoms with Crippen molar-refractivity contribution in [3.63, 3.8) is 0 Å². The fourth-order valence-corrected chi connectivity index (χ4v) is 3.28. The Hall–Kier alpha value is -2.86. The first kappa shape index (κ1) is 23.4. The number of methoxy groups -OCH3 is 1. The quantitative estimate of drug-likeness (QED) is 0.432. The zero-order chi connectivity index (χ0) is 21.9. The van der Waals surface area contributed by atoms with Crippen LogP contribution < -0.4 is 4.74 Å². The van der Waals surface area contributed by atoms with E-state index in [1.807, 2.05) is 6.07 Å². The largest absolute Gasteiger partial charge is 0.508 e. The molecule has 1 unspecified atom stereocenters. The molecule has 2 aromatic carbocycles. The topological polar surface area (TPSA) is 104 Å². The minimum absolute atomic E-state index is 0.0480. The molecule has 0 fully saturated rings. The first-order chi connectivity index (χ1) is 14.4. The van der Waals surface area contributed by atoms with Crippen LogP contribution in [0.3, 0.4) is 0 Å². The number of benzene rings is 2. The van der Waals surface area contributed by atoms with Crippen LogP contribution in [0.2, 0.25) is 0 Å². The number of Topliss-reactive ketones (excluding diaryl/α,β-unsaturated/α-hetero) is 2. The number of aryl methyl sites for hydroxylation is 2. The highest BCUT2D eigenvalue weighted by Crippen LogP contribution is 2.26. The molecule has 2 aromatic rings. The fraction of sp³-hybridized carbons (Fsp3) is 0.417. The highest BCUT2D eigenvalue weighted by atomic mass is 16.5. The van der Waals surface area contributed by atoms with Gasteiger partial charge in [0.25, 0.3) is 0 Å². The minimum Gasteiger partial charge on any atom is -0.508 e. The molecule has 0 heterocycles. The molecule has 2 rings (SSSR count). The Morgan fingerprint density at radius 3 is 2.40 bits per heavy atom. The van der Waals surface area contributed by atoms with Gasteiger partial charge in [0, 0.05) is 12.8 Å². The Morgan fingerprint density at radius 2 is 1.67 bits per heavy atom. The predicted octanol–water partition coefficient (Wildman–Crippen LogP) is 3.73. The van der Waals surface area contributed by atoms with Crippen molar-refractivity contribution in [2.45, 2.75) is 57.5 Å². The maximum Gasteiger partial charge on any atom is 0.160 e. The molecule has 162 valence electrons. The second-order valence-electron chi connectivity index (χ2n) is 7.51. The summed E-state index contributed by atoms with van der Waals surface area (Å²) in [5, 5.41) is 29.1. The number of carbonyl (C=O) groups is 2. The fourth-order valence-electron chi connectivity index (χ4n) is 3.28. The average molecular weight is 414 g/mol. The summed E-state index contributed by atoms with van der Waals surface area (Å²) < 4.78 is 5.05. The third-order valence-electron chi connectivity index (χ3n) is 5.00. The normalized spacial score (nSPS) is 11.8. The number of rotatable bonds is 13. The number of phenols is 2. The Bertz CT molecular complexity index is 845. The number of aliphatic hydroxyl groups is 1. The maximum atomic E-state index is 12.1. The van der Waals surface area contributed by atoms with E-state index in [9.17, 15) is 24.9 Å². The van der Waals surface area contributed by atoms with E-state index < -0.39 is 6.10 Å². The number of hydrogen-bond acceptors (Lipinski definition) is 6. The zero-order valence-corrected chi connectivity index (χ0v) is 17.3. The number of hydrogen-bond donors (Lipinski definition) is 3. The summed E-state index contributed by atoms with van der Waals surface area (Å²) in [5.41, 5.74) is 1.82. The summed E-state index contributed by atoms with van der Waals surface area (Å²) in [5.74, 6) is 0.396. The van der Waals surface area contributed by atoms with Crippen LogP contribution in [-0.4, -0.2) is 40.1 Å². The smallest absolute Gasteiger partial charge is 0.160 e. The molecule has 0 aliphatic rings. The molecule has 1 atom stereocenters. The van der Waals surface area contributed by atoms with Gasteiger partial charge in [-0.1, -0.05) is 18.2 Å². The van der Waals surface area contributed by atoms with Gasteiger partial charge in [0.1, 0.15) is 17.3 Å². The van der Waals surface area contributed by atoms with Crippen LogP contribution in [0.1, 0.15) is 49.7 Å². The van der Waals surface area contributed by atoms with Crippen LogP contribution in [0.4, 0.5) is 0 Å². The second kappa shape index (κ2) is 12.0. The number of aromatic hydroxyl groups is 2. The lowest BCUT2D eigenvalue weighted by molar-refractivity contribution is -0.127. The van der Waals surface area contributed by atoms with Crippen LogP contribution in [0.25, 0.3) is 0 Å². The van der Waals surface area contributed by atoms with E-state index in [-0.39, 0.29) is 42.3 Å². The molecule has 6 heteroatoms. The highest BCUT2D eigenvalue weighted by molar-refractivity contribution is 5.99. The minimum atomic E-state index is -0.514. The second-order valence-corrected chi connectivity index (χ2v) is 7.51. The van der Waals surface area contributed by atoms with Gasteiger partial charge >= 0.3 is 0 Å². The number of aliphatic hydroxyl groups excluding tert-OH is 1. The van der Waals surface area contributed by atoms with Crippen molar-refractivity contribution in [3.05, 3.63) is 53.6 Å². The third-order valence-corrected chi connectivity index (χ3v) is 5.00. The van der Waals surface area contributed by atoms with E-state index >= 15 is 0 Å². The molecule has 3 N–H and O–H groups in total. The van der Waals surface area contributed by atoms with E-state index in [0.29, 0.717) is 37.9 Å². The van der Waals surface area contributed by atoms with Gasteiger partial charge in [0.2, 0.25) is 0 Å². The van der Waals surface area contributed by atoms with Crippen molar-refractivity contribution in [1.82, 2.24) is 0 Å². The molecular formula is C24H30O6. The van der Waals surface area contributed by atoms with Gasteiger partial charge in [-0.3, -0.25) is 9.59 Å². The van der Waals surface area contributed by atoms with Crippen LogP contribution in [-0.2, 0) is 22.4 Å². The van der Waals surface area contributed by atoms with Crippen molar-refractivity contribution >= 4 is 11.6 Å². The third kappa shape index (κ3) is 8.25. The van der Waals surface area contributed by atoms with Crippen molar-refractivity contribution in [1.29, 1.82) is 0 Å². The number of ketones is 2.